The normalized spacial score (nSPS) is 10.6. The third-order valence-corrected chi connectivity index (χ3v) is 3.41. The molecule has 1 aromatic heterocycles. The topological polar surface area (TPSA) is 48.7 Å². The van der Waals surface area contributed by atoms with E-state index in [9.17, 15) is 4.79 Å². The molecule has 0 amide bonds. The van der Waals surface area contributed by atoms with Crippen molar-refractivity contribution in [3.63, 3.8) is 0 Å². The molecule has 0 unspecified atom stereocenters. The number of hydrogen-bond donors (Lipinski definition) is 0. The summed E-state index contributed by atoms with van der Waals surface area (Å²) in [6.07, 6.45) is 0.688. The van der Waals surface area contributed by atoms with Gasteiger partial charge >= 0.3 is 0 Å². The van der Waals surface area contributed by atoms with Crippen LogP contribution in [0.1, 0.15) is 16.1 Å². The summed E-state index contributed by atoms with van der Waals surface area (Å²) in [5.41, 5.74) is 1.32. The predicted octanol–water partition coefficient (Wildman–Crippen LogP) is 3.33. The number of ether oxygens (including phenoxy) is 2. The molecule has 0 aliphatic heterocycles. The maximum atomic E-state index is 10.9. The second-order valence-corrected chi connectivity index (χ2v) is 4.30. The number of aryl methyl sites for hydroxylation is 1. The third kappa shape index (κ3) is 1.70. The van der Waals surface area contributed by atoms with E-state index in [0.29, 0.717) is 33.6 Å². The summed E-state index contributed by atoms with van der Waals surface area (Å²) in [5, 5.41) is 0.780. The van der Waals surface area contributed by atoms with Crippen LogP contribution in [0.2, 0.25) is 0 Å². The number of hydrogen-bond acceptors (Lipinski definition) is 4. The Morgan fingerprint density at radius 2 is 1.94 bits per heavy atom. The number of carbonyl (C=O) groups is 1. The summed E-state index contributed by atoms with van der Waals surface area (Å²) < 4.78 is 16.7. The van der Waals surface area contributed by atoms with Gasteiger partial charge in [-0.15, -0.1) is 0 Å². The minimum atomic E-state index is 0.298. The van der Waals surface area contributed by atoms with Gasteiger partial charge in [0.15, 0.2) is 17.6 Å². The number of rotatable bonds is 3. The van der Waals surface area contributed by atoms with Crippen molar-refractivity contribution < 1.29 is 18.7 Å². The fourth-order valence-corrected chi connectivity index (χ4v) is 2.33. The van der Waals surface area contributed by atoms with Gasteiger partial charge in [-0.1, -0.05) is 0 Å². The second-order valence-electron chi connectivity index (χ2n) is 3.51. The Bertz CT molecular complexity index is 586. The molecule has 0 N–H and O–H groups in total. The number of carbonyl (C=O) groups excluding carboxylic acids is 1. The predicted molar refractivity (Wildman–Crippen MR) is 67.1 cm³/mol. The molecule has 90 valence electrons. The molecule has 0 bridgehead atoms. The minimum absolute atomic E-state index is 0.298. The van der Waals surface area contributed by atoms with E-state index < -0.39 is 0 Å². The van der Waals surface area contributed by atoms with E-state index in [0.717, 1.165) is 10.9 Å². The summed E-state index contributed by atoms with van der Waals surface area (Å²) in [6, 6.07) is 1.75. The van der Waals surface area contributed by atoms with E-state index in [1.165, 1.54) is 0 Å². The van der Waals surface area contributed by atoms with Crippen molar-refractivity contribution in [2.75, 3.05) is 14.2 Å². The zero-order valence-electron chi connectivity index (χ0n) is 9.67. The van der Waals surface area contributed by atoms with Crippen molar-refractivity contribution in [3.8, 4) is 11.5 Å². The molecule has 1 aromatic carbocycles. The zero-order valence-corrected chi connectivity index (χ0v) is 11.3. The first kappa shape index (κ1) is 12.0. The van der Waals surface area contributed by atoms with E-state index in [1.807, 2.05) is 6.92 Å². The summed E-state index contributed by atoms with van der Waals surface area (Å²) in [4.78, 5) is 10.9. The maximum absolute atomic E-state index is 10.9. The fourth-order valence-electron chi connectivity index (χ4n) is 1.77. The number of benzene rings is 1. The average Bonchev–Trinajstić information content (AvgIpc) is 2.68. The molecule has 1 heterocycles. The number of aldehydes is 1. The first-order chi connectivity index (χ1) is 8.13. The van der Waals surface area contributed by atoms with Crippen LogP contribution in [0.3, 0.4) is 0 Å². The lowest BCUT2D eigenvalue weighted by atomic mass is 10.1. The fraction of sp³-hybridized carbons (Fsp3) is 0.250. The van der Waals surface area contributed by atoms with Crippen LogP contribution < -0.4 is 9.47 Å². The van der Waals surface area contributed by atoms with Crippen LogP contribution in [0.15, 0.2) is 15.0 Å². The Balaban J connectivity index is 2.92. The van der Waals surface area contributed by atoms with Crippen LogP contribution in [-0.2, 0) is 0 Å². The molecule has 17 heavy (non-hydrogen) atoms. The van der Waals surface area contributed by atoms with Gasteiger partial charge in [-0.25, -0.2) is 0 Å². The highest BCUT2D eigenvalue weighted by Gasteiger charge is 2.20. The quantitative estimate of drug-likeness (QED) is 0.816. The summed E-state index contributed by atoms with van der Waals surface area (Å²) in [6.45, 7) is 1.82. The van der Waals surface area contributed by atoms with E-state index in [1.54, 1.807) is 20.3 Å². The highest BCUT2D eigenvalue weighted by atomic mass is 79.9. The Hall–Kier alpha value is -1.49. The SMILES string of the molecule is COc1cc(OC)c2c(C)c(C=O)oc2c1Br. The van der Waals surface area contributed by atoms with Crippen molar-refractivity contribution in [2.45, 2.75) is 6.92 Å². The van der Waals surface area contributed by atoms with Crippen molar-refractivity contribution in [2.24, 2.45) is 0 Å². The number of furan rings is 1. The molecule has 0 saturated carbocycles. The molecule has 0 spiro atoms. The smallest absolute Gasteiger partial charge is 0.185 e. The van der Waals surface area contributed by atoms with Crippen LogP contribution in [0.25, 0.3) is 11.0 Å². The van der Waals surface area contributed by atoms with Gasteiger partial charge in [0.1, 0.15) is 16.0 Å². The molecule has 4 nitrogen and oxygen atoms in total. The Labute approximate surface area is 107 Å². The van der Waals surface area contributed by atoms with Gasteiger partial charge in [-0.3, -0.25) is 4.79 Å². The molecule has 0 aliphatic carbocycles. The molecule has 2 aromatic rings. The van der Waals surface area contributed by atoms with Crippen molar-refractivity contribution in [1.29, 1.82) is 0 Å². The highest BCUT2D eigenvalue weighted by Crippen LogP contribution is 2.42. The van der Waals surface area contributed by atoms with E-state index in [2.05, 4.69) is 15.9 Å². The zero-order chi connectivity index (χ0) is 12.6. The maximum Gasteiger partial charge on any atom is 0.185 e. The molecule has 0 atom stereocenters. The van der Waals surface area contributed by atoms with Crippen LogP contribution in [0.4, 0.5) is 0 Å². The van der Waals surface area contributed by atoms with Crippen molar-refractivity contribution in [3.05, 3.63) is 21.9 Å². The first-order valence-corrected chi connectivity index (χ1v) is 5.72. The Kier molecular flexibility index (Phi) is 3.11. The molecular weight excluding hydrogens is 288 g/mol. The van der Waals surface area contributed by atoms with E-state index >= 15 is 0 Å². The number of halogens is 1. The van der Waals surface area contributed by atoms with Gasteiger partial charge in [0, 0.05) is 11.6 Å². The minimum Gasteiger partial charge on any atom is -0.496 e. The van der Waals surface area contributed by atoms with E-state index in [-0.39, 0.29) is 0 Å². The highest BCUT2D eigenvalue weighted by molar-refractivity contribution is 9.10. The van der Waals surface area contributed by atoms with Crippen LogP contribution in [0.5, 0.6) is 11.5 Å². The van der Waals surface area contributed by atoms with Crippen LogP contribution in [0, 0.1) is 6.92 Å². The molecule has 0 saturated heterocycles. The Morgan fingerprint density at radius 3 is 2.47 bits per heavy atom. The van der Waals surface area contributed by atoms with E-state index in [4.69, 9.17) is 13.9 Å². The summed E-state index contributed by atoms with van der Waals surface area (Å²) in [7, 11) is 3.12. The standard InChI is InChI=1S/C12H11BrO4/c1-6-9(5-14)17-12-10(6)7(15-2)4-8(16-3)11(12)13/h4-5H,1-3H3. The molecule has 0 fully saturated rings. The molecule has 0 aliphatic rings. The number of fused-ring (bicyclic) bond motifs is 1. The monoisotopic (exact) mass is 298 g/mol. The third-order valence-electron chi connectivity index (χ3n) is 2.65. The molecule has 2 rings (SSSR count). The summed E-state index contributed by atoms with van der Waals surface area (Å²) in [5.74, 6) is 1.52. The largest absolute Gasteiger partial charge is 0.496 e. The van der Waals surface area contributed by atoms with Gasteiger partial charge in [-0.2, -0.15) is 0 Å². The molecule has 5 heteroatoms. The summed E-state index contributed by atoms with van der Waals surface area (Å²) >= 11 is 3.39. The van der Waals surface area contributed by atoms with Crippen LogP contribution in [-0.4, -0.2) is 20.5 Å². The van der Waals surface area contributed by atoms with Gasteiger partial charge < -0.3 is 13.9 Å². The first-order valence-electron chi connectivity index (χ1n) is 4.92. The lowest BCUT2D eigenvalue weighted by Gasteiger charge is -2.08. The number of methoxy groups -OCH3 is 2. The van der Waals surface area contributed by atoms with Gasteiger partial charge in [0.25, 0.3) is 0 Å². The average molecular weight is 299 g/mol. The lowest BCUT2D eigenvalue weighted by molar-refractivity contribution is 0.110. The second kappa shape index (κ2) is 4.41. The van der Waals surface area contributed by atoms with Crippen molar-refractivity contribution in [1.82, 2.24) is 0 Å². The molecule has 0 radical (unpaired) electrons. The van der Waals surface area contributed by atoms with Gasteiger partial charge in [-0.05, 0) is 22.9 Å². The molecular formula is C12H11BrO4. The van der Waals surface area contributed by atoms with Crippen LogP contribution >= 0.6 is 15.9 Å². The van der Waals surface area contributed by atoms with Gasteiger partial charge in [0.2, 0.25) is 0 Å². The Morgan fingerprint density at radius 1 is 1.29 bits per heavy atom. The van der Waals surface area contributed by atoms with Crippen molar-refractivity contribution >= 4 is 33.2 Å². The lowest BCUT2D eigenvalue weighted by Crippen LogP contribution is -1.90. The van der Waals surface area contributed by atoms with Gasteiger partial charge in [0.05, 0.1) is 19.6 Å².